The number of aromatic nitrogens is 1. The summed E-state index contributed by atoms with van der Waals surface area (Å²) in [5.74, 6) is 2.22. The van der Waals surface area contributed by atoms with E-state index in [9.17, 15) is 0 Å². The van der Waals surface area contributed by atoms with Crippen molar-refractivity contribution in [2.24, 2.45) is 0 Å². The molecule has 2 aliphatic carbocycles. The summed E-state index contributed by atoms with van der Waals surface area (Å²) in [6.45, 7) is 0. The highest BCUT2D eigenvalue weighted by molar-refractivity contribution is 6.09. The highest BCUT2D eigenvalue weighted by atomic mass is 16.5. The molecule has 14 rings (SSSR count). The predicted molar refractivity (Wildman–Crippen MR) is 289 cm³/mol. The van der Waals surface area contributed by atoms with Crippen LogP contribution in [0.4, 0.5) is 17.1 Å². The van der Waals surface area contributed by atoms with Gasteiger partial charge in [0.25, 0.3) is 0 Å². The number of ether oxygens (including phenoxy) is 1. The van der Waals surface area contributed by atoms with Crippen LogP contribution in [0.1, 0.15) is 45.7 Å². The molecule has 2 heterocycles. The number of benzene rings is 10. The zero-order valence-corrected chi connectivity index (χ0v) is 38.4. The van der Waals surface area contributed by atoms with Crippen molar-refractivity contribution in [3.63, 3.8) is 0 Å². The average molecular weight is 895 g/mol. The molecule has 3 aliphatic rings. The van der Waals surface area contributed by atoms with Gasteiger partial charge in [-0.05, 0) is 123 Å². The third-order valence-electron chi connectivity index (χ3n) is 15.0. The molecular formula is C67H46N2O. The van der Waals surface area contributed by atoms with Crippen molar-refractivity contribution in [2.75, 3.05) is 4.90 Å². The van der Waals surface area contributed by atoms with Crippen LogP contribution in [-0.2, 0) is 5.41 Å². The minimum atomic E-state index is -0.479. The van der Waals surface area contributed by atoms with Gasteiger partial charge in [-0.25, -0.2) is 0 Å². The Bertz CT molecular complexity index is 3780. The Kier molecular flexibility index (Phi) is 9.25. The van der Waals surface area contributed by atoms with Gasteiger partial charge in [0, 0.05) is 50.6 Å². The monoisotopic (exact) mass is 894 g/mol. The van der Waals surface area contributed by atoms with E-state index in [1.807, 2.05) is 0 Å². The molecule has 1 atom stereocenters. The molecule has 11 aromatic rings. The summed E-state index contributed by atoms with van der Waals surface area (Å²) < 4.78 is 9.01. The lowest BCUT2D eigenvalue weighted by Crippen LogP contribution is -2.28. The lowest BCUT2D eigenvalue weighted by Gasteiger charge is -2.34. The minimum absolute atomic E-state index is 0.217. The minimum Gasteiger partial charge on any atom is -0.460 e. The van der Waals surface area contributed by atoms with E-state index in [4.69, 9.17) is 4.74 Å². The lowest BCUT2D eigenvalue weighted by molar-refractivity contribution is 0.429. The van der Waals surface area contributed by atoms with Crippen molar-refractivity contribution < 1.29 is 4.74 Å². The maximum absolute atomic E-state index is 6.64. The van der Waals surface area contributed by atoms with Crippen molar-refractivity contribution in [1.29, 1.82) is 0 Å². The molecule has 0 amide bonds. The third kappa shape index (κ3) is 6.15. The van der Waals surface area contributed by atoms with Gasteiger partial charge in [-0.15, -0.1) is 0 Å². The maximum Gasteiger partial charge on any atom is 0.130 e. The fourth-order valence-electron chi connectivity index (χ4n) is 12.0. The molecule has 3 nitrogen and oxygen atoms in total. The zero-order valence-electron chi connectivity index (χ0n) is 38.4. The van der Waals surface area contributed by atoms with Crippen LogP contribution in [0, 0.1) is 0 Å². The molecule has 10 aromatic carbocycles. The van der Waals surface area contributed by atoms with Crippen LogP contribution in [0.25, 0.3) is 55.3 Å². The Morgan fingerprint density at radius 3 is 1.69 bits per heavy atom. The first-order chi connectivity index (χ1) is 34.7. The van der Waals surface area contributed by atoms with Crippen LogP contribution in [0.2, 0.25) is 0 Å². The molecule has 0 bridgehead atoms. The van der Waals surface area contributed by atoms with E-state index < -0.39 is 5.41 Å². The second-order valence-electron chi connectivity index (χ2n) is 18.7. The van der Waals surface area contributed by atoms with Gasteiger partial charge in [0.05, 0.1) is 16.4 Å². The fraction of sp³-hybridized carbons (Fsp3) is 0.0448. The highest BCUT2D eigenvalue weighted by Gasteiger charge is 2.46. The highest BCUT2D eigenvalue weighted by Crippen LogP contribution is 2.56. The van der Waals surface area contributed by atoms with Crippen LogP contribution >= 0.6 is 0 Å². The van der Waals surface area contributed by atoms with Gasteiger partial charge in [-0.3, -0.25) is 0 Å². The maximum atomic E-state index is 6.64. The van der Waals surface area contributed by atoms with Gasteiger partial charge < -0.3 is 14.2 Å². The Hall–Kier alpha value is -8.92. The van der Waals surface area contributed by atoms with Crippen molar-refractivity contribution >= 4 is 44.4 Å². The van der Waals surface area contributed by atoms with Crippen molar-refractivity contribution in [3.8, 4) is 33.7 Å². The summed E-state index contributed by atoms with van der Waals surface area (Å²) in [5, 5.41) is 2.53. The summed E-state index contributed by atoms with van der Waals surface area (Å²) in [5.41, 5.74) is 19.8. The first-order valence-corrected chi connectivity index (χ1v) is 24.3. The third-order valence-corrected chi connectivity index (χ3v) is 15.0. The average Bonchev–Trinajstić information content (AvgIpc) is 4.09. The molecule has 1 aliphatic heterocycles. The molecule has 70 heavy (non-hydrogen) atoms. The molecule has 0 spiro atoms. The number of fused-ring (bicyclic) bond motifs is 9. The van der Waals surface area contributed by atoms with Crippen LogP contribution in [0.5, 0.6) is 5.75 Å². The summed E-state index contributed by atoms with van der Waals surface area (Å²) in [6, 6.07) is 91.1. The van der Waals surface area contributed by atoms with E-state index in [1.54, 1.807) is 0 Å². The molecule has 0 N–H and O–H groups in total. The van der Waals surface area contributed by atoms with E-state index >= 15 is 0 Å². The first-order valence-electron chi connectivity index (χ1n) is 24.3. The summed E-state index contributed by atoms with van der Waals surface area (Å²) in [7, 11) is 0. The molecule has 330 valence electrons. The Balaban J connectivity index is 0.877. The van der Waals surface area contributed by atoms with Crippen molar-refractivity contribution in [2.45, 2.75) is 17.8 Å². The van der Waals surface area contributed by atoms with Gasteiger partial charge >= 0.3 is 0 Å². The number of anilines is 3. The number of para-hydroxylation sites is 3. The number of rotatable bonds is 8. The van der Waals surface area contributed by atoms with Crippen LogP contribution in [0.3, 0.4) is 0 Å². The standard InChI is InChI=1S/C67H46N2O/c1-2-17-48(18-3-1)67(61-27-9-4-20-55(61)56-21-5-10-28-62(56)67)49-36-42-51(43-37-49)68(53-19-14-16-47(44-53)54-25-15-26-60-59-24-8-13-31-65(59)70-66(54)60)50-38-32-45(33-39-50)46-34-40-52(41-35-46)69-63-29-11-6-22-57(63)58-23-7-12-30-64(58)69/h1-25,27-44,60H,26H2. The topological polar surface area (TPSA) is 17.4 Å². The summed E-state index contributed by atoms with van der Waals surface area (Å²) in [6.07, 6.45) is 5.48. The first kappa shape index (κ1) is 40.2. The van der Waals surface area contributed by atoms with E-state index in [-0.39, 0.29) is 5.92 Å². The quantitative estimate of drug-likeness (QED) is 0.151. The van der Waals surface area contributed by atoms with E-state index in [0.717, 1.165) is 57.4 Å². The predicted octanol–water partition coefficient (Wildman–Crippen LogP) is 17.1. The largest absolute Gasteiger partial charge is 0.460 e. The van der Waals surface area contributed by atoms with Gasteiger partial charge in [0.2, 0.25) is 0 Å². The second-order valence-corrected chi connectivity index (χ2v) is 18.7. The molecule has 0 saturated heterocycles. The van der Waals surface area contributed by atoms with Crippen LogP contribution in [-0.4, -0.2) is 4.57 Å². The molecular weight excluding hydrogens is 849 g/mol. The van der Waals surface area contributed by atoms with E-state index in [0.29, 0.717) is 0 Å². The van der Waals surface area contributed by atoms with Gasteiger partial charge in [-0.2, -0.15) is 0 Å². The van der Waals surface area contributed by atoms with Gasteiger partial charge in [0.1, 0.15) is 11.5 Å². The van der Waals surface area contributed by atoms with Gasteiger partial charge in [0.15, 0.2) is 0 Å². The van der Waals surface area contributed by atoms with Crippen LogP contribution in [0.15, 0.2) is 267 Å². The Labute approximate surface area is 408 Å². The SMILES string of the molecule is C1=CC(c2cccc(N(c3ccc(-c4ccc(-n5c6ccccc6c6ccccc65)cc4)cc3)c3ccc(C4(c5ccccc5)c5ccccc5-c5ccccc54)cc3)c2)=C2Oc3ccccc3C2C1. The molecule has 0 radical (unpaired) electrons. The number of hydrogen-bond donors (Lipinski definition) is 0. The smallest absolute Gasteiger partial charge is 0.130 e. The normalized spacial score (nSPS) is 15.1. The van der Waals surface area contributed by atoms with Crippen molar-refractivity contribution in [3.05, 3.63) is 300 Å². The lowest BCUT2D eigenvalue weighted by atomic mass is 9.68. The molecule has 0 fully saturated rings. The number of nitrogens with zero attached hydrogens (tertiary/aromatic N) is 2. The van der Waals surface area contributed by atoms with Crippen LogP contribution < -0.4 is 9.64 Å². The van der Waals surface area contributed by atoms with Gasteiger partial charge in [-0.1, -0.05) is 194 Å². The number of allylic oxidation sites excluding steroid dienone is 4. The Morgan fingerprint density at radius 1 is 0.443 bits per heavy atom. The molecule has 1 aromatic heterocycles. The molecule has 1 unspecified atom stereocenters. The summed E-state index contributed by atoms with van der Waals surface area (Å²) >= 11 is 0. The fourth-order valence-corrected chi connectivity index (χ4v) is 12.0. The van der Waals surface area contributed by atoms with Crippen molar-refractivity contribution in [1.82, 2.24) is 4.57 Å². The Morgan fingerprint density at radius 2 is 1.00 bits per heavy atom. The van der Waals surface area contributed by atoms with E-state index in [2.05, 4.69) is 270 Å². The molecule has 3 heteroatoms. The summed E-state index contributed by atoms with van der Waals surface area (Å²) in [4.78, 5) is 2.40. The number of hydrogen-bond acceptors (Lipinski definition) is 2. The van der Waals surface area contributed by atoms with E-state index in [1.165, 1.54) is 66.3 Å². The molecule has 0 saturated carbocycles. The second kappa shape index (κ2) is 16.1. The zero-order chi connectivity index (χ0) is 46.2.